The summed E-state index contributed by atoms with van der Waals surface area (Å²) in [4.78, 5) is 26.9. The van der Waals surface area contributed by atoms with E-state index in [4.69, 9.17) is 16.3 Å². The molecule has 2 rings (SSSR count). The summed E-state index contributed by atoms with van der Waals surface area (Å²) in [5.74, 6) is -0.0518. The first-order valence-corrected chi connectivity index (χ1v) is 8.96. The molecule has 0 spiro atoms. The number of hydrogen-bond donors (Lipinski definition) is 2. The van der Waals surface area contributed by atoms with Gasteiger partial charge in [0.15, 0.2) is 0 Å². The molecule has 0 bridgehead atoms. The first-order valence-electron chi connectivity index (χ1n) is 8.58. The number of amides is 2. The zero-order valence-corrected chi connectivity index (χ0v) is 16.5. The highest BCUT2D eigenvalue weighted by molar-refractivity contribution is 6.31. The zero-order chi connectivity index (χ0) is 19.8. The number of methoxy groups -OCH3 is 1. The number of hydrogen-bond acceptors (Lipinski definition) is 4. The van der Waals surface area contributed by atoms with Crippen LogP contribution >= 0.6 is 11.6 Å². The standard InChI is InChI=1S/C20H24ClN3O3/c1-24(2)11-5-10-22-19(25)14-6-4-7-15(12-14)20(26)23-17-13-16(21)8-9-18(17)27-3/h4,6-9,12-13H,5,10-11H2,1-3H3,(H,22,25)(H,23,26). The average Bonchev–Trinajstić information content (AvgIpc) is 2.65. The Labute approximate surface area is 164 Å². The van der Waals surface area contributed by atoms with Crippen molar-refractivity contribution in [3.8, 4) is 5.75 Å². The number of benzene rings is 2. The molecular formula is C20H24ClN3O3. The van der Waals surface area contributed by atoms with Crippen LogP contribution in [-0.4, -0.2) is 51.0 Å². The van der Waals surface area contributed by atoms with Crippen LogP contribution in [0.15, 0.2) is 42.5 Å². The molecule has 2 amide bonds. The SMILES string of the molecule is COc1ccc(Cl)cc1NC(=O)c1cccc(C(=O)NCCCN(C)C)c1. The highest BCUT2D eigenvalue weighted by Crippen LogP contribution is 2.28. The Hall–Kier alpha value is -2.57. The summed E-state index contributed by atoms with van der Waals surface area (Å²) in [5, 5.41) is 6.11. The van der Waals surface area contributed by atoms with Gasteiger partial charge in [0.1, 0.15) is 5.75 Å². The lowest BCUT2D eigenvalue weighted by molar-refractivity contribution is 0.0952. The van der Waals surface area contributed by atoms with Gasteiger partial charge in [-0.05, 0) is 63.5 Å². The summed E-state index contributed by atoms with van der Waals surface area (Å²) in [6.07, 6.45) is 0.855. The molecule has 0 unspecified atom stereocenters. The van der Waals surface area contributed by atoms with Gasteiger partial charge in [-0.2, -0.15) is 0 Å². The monoisotopic (exact) mass is 389 g/mol. The van der Waals surface area contributed by atoms with Gasteiger partial charge >= 0.3 is 0 Å². The number of rotatable bonds is 8. The van der Waals surface area contributed by atoms with Gasteiger partial charge in [0.25, 0.3) is 11.8 Å². The molecule has 144 valence electrons. The van der Waals surface area contributed by atoms with Crippen molar-refractivity contribution < 1.29 is 14.3 Å². The Balaban J connectivity index is 2.05. The fourth-order valence-corrected chi connectivity index (χ4v) is 2.65. The lowest BCUT2D eigenvalue weighted by atomic mass is 10.1. The lowest BCUT2D eigenvalue weighted by Gasteiger charge is -2.12. The van der Waals surface area contributed by atoms with Crippen LogP contribution in [0.25, 0.3) is 0 Å². The van der Waals surface area contributed by atoms with Crippen molar-refractivity contribution in [2.75, 3.05) is 39.6 Å². The number of carbonyl (C=O) groups excluding carboxylic acids is 2. The molecule has 7 heteroatoms. The average molecular weight is 390 g/mol. The number of nitrogens with zero attached hydrogens (tertiary/aromatic N) is 1. The minimum Gasteiger partial charge on any atom is -0.495 e. The van der Waals surface area contributed by atoms with Gasteiger partial charge in [0.05, 0.1) is 12.8 Å². The van der Waals surface area contributed by atoms with Gasteiger partial charge in [0, 0.05) is 22.7 Å². The number of halogens is 1. The maximum Gasteiger partial charge on any atom is 0.255 e. The van der Waals surface area contributed by atoms with Crippen LogP contribution in [0.5, 0.6) is 5.75 Å². The summed E-state index contributed by atoms with van der Waals surface area (Å²) in [5.41, 5.74) is 1.28. The van der Waals surface area contributed by atoms with Crippen LogP contribution in [-0.2, 0) is 0 Å². The van der Waals surface area contributed by atoms with Crippen LogP contribution in [0.2, 0.25) is 5.02 Å². The highest BCUT2D eigenvalue weighted by Gasteiger charge is 2.13. The van der Waals surface area contributed by atoms with Crippen molar-refractivity contribution in [2.45, 2.75) is 6.42 Å². The van der Waals surface area contributed by atoms with Gasteiger partial charge in [-0.15, -0.1) is 0 Å². The second-order valence-corrected chi connectivity index (χ2v) is 6.73. The van der Waals surface area contributed by atoms with Crippen molar-refractivity contribution in [3.63, 3.8) is 0 Å². The summed E-state index contributed by atoms with van der Waals surface area (Å²) in [6, 6.07) is 11.5. The molecule has 0 saturated carbocycles. The van der Waals surface area contributed by atoms with Crippen molar-refractivity contribution in [1.82, 2.24) is 10.2 Å². The summed E-state index contributed by atoms with van der Waals surface area (Å²) < 4.78 is 5.23. The second kappa shape index (κ2) is 9.94. The number of ether oxygens (including phenoxy) is 1. The van der Waals surface area contributed by atoms with E-state index in [1.165, 1.54) is 7.11 Å². The number of anilines is 1. The lowest BCUT2D eigenvalue weighted by Crippen LogP contribution is -2.27. The third kappa shape index (κ3) is 6.27. The maximum atomic E-state index is 12.6. The maximum absolute atomic E-state index is 12.6. The van der Waals surface area contributed by atoms with Crippen molar-refractivity contribution >= 4 is 29.1 Å². The Bertz CT molecular complexity index is 809. The Morgan fingerprint density at radius 2 is 1.78 bits per heavy atom. The van der Waals surface area contributed by atoms with Crippen LogP contribution in [0.4, 0.5) is 5.69 Å². The summed E-state index contributed by atoms with van der Waals surface area (Å²) in [6.45, 7) is 1.47. The van der Waals surface area contributed by atoms with Gasteiger partial charge < -0.3 is 20.3 Å². The fraction of sp³-hybridized carbons (Fsp3) is 0.300. The van der Waals surface area contributed by atoms with Gasteiger partial charge in [0.2, 0.25) is 0 Å². The predicted molar refractivity (Wildman–Crippen MR) is 108 cm³/mol. The van der Waals surface area contributed by atoms with E-state index in [-0.39, 0.29) is 11.8 Å². The molecular weight excluding hydrogens is 366 g/mol. The minimum atomic E-state index is -0.349. The molecule has 0 aliphatic heterocycles. The third-order valence-corrected chi connectivity index (χ3v) is 4.10. The topological polar surface area (TPSA) is 70.7 Å². The molecule has 0 atom stereocenters. The molecule has 2 N–H and O–H groups in total. The molecule has 0 heterocycles. The number of nitrogens with one attached hydrogen (secondary N) is 2. The first-order chi connectivity index (χ1) is 12.9. The smallest absolute Gasteiger partial charge is 0.255 e. The second-order valence-electron chi connectivity index (χ2n) is 6.29. The molecule has 2 aromatic carbocycles. The van der Waals surface area contributed by atoms with E-state index in [0.717, 1.165) is 13.0 Å². The summed E-state index contributed by atoms with van der Waals surface area (Å²) in [7, 11) is 5.48. The quantitative estimate of drug-likeness (QED) is 0.680. The molecule has 0 aliphatic carbocycles. The molecule has 0 aromatic heterocycles. The van der Waals surface area contributed by atoms with Crippen LogP contribution in [0.1, 0.15) is 27.1 Å². The van der Waals surface area contributed by atoms with Gasteiger partial charge in [-0.1, -0.05) is 17.7 Å². The van der Waals surface area contributed by atoms with Crippen LogP contribution in [0.3, 0.4) is 0 Å². The molecule has 0 saturated heterocycles. The Morgan fingerprint density at radius 1 is 1.07 bits per heavy atom. The molecule has 6 nitrogen and oxygen atoms in total. The van der Waals surface area contributed by atoms with Crippen molar-refractivity contribution in [2.24, 2.45) is 0 Å². The largest absolute Gasteiger partial charge is 0.495 e. The highest BCUT2D eigenvalue weighted by atomic mass is 35.5. The van der Waals surface area contributed by atoms with E-state index in [0.29, 0.717) is 34.1 Å². The summed E-state index contributed by atoms with van der Waals surface area (Å²) >= 11 is 5.99. The van der Waals surface area contributed by atoms with E-state index in [1.54, 1.807) is 42.5 Å². The molecule has 0 fully saturated rings. The number of carbonyl (C=O) groups is 2. The van der Waals surface area contributed by atoms with E-state index < -0.39 is 0 Å². The molecule has 2 aromatic rings. The Morgan fingerprint density at radius 3 is 2.44 bits per heavy atom. The van der Waals surface area contributed by atoms with Gasteiger partial charge in [-0.3, -0.25) is 9.59 Å². The van der Waals surface area contributed by atoms with Crippen LogP contribution < -0.4 is 15.4 Å². The normalized spacial score (nSPS) is 10.6. The van der Waals surface area contributed by atoms with Gasteiger partial charge in [-0.25, -0.2) is 0 Å². The first kappa shape index (κ1) is 20.7. The van der Waals surface area contributed by atoms with Crippen molar-refractivity contribution in [3.05, 3.63) is 58.6 Å². The molecule has 27 heavy (non-hydrogen) atoms. The Kier molecular flexibility index (Phi) is 7.64. The molecule has 0 radical (unpaired) electrons. The third-order valence-electron chi connectivity index (χ3n) is 3.86. The van der Waals surface area contributed by atoms with E-state index in [1.807, 2.05) is 14.1 Å². The van der Waals surface area contributed by atoms with Crippen LogP contribution in [0, 0.1) is 0 Å². The van der Waals surface area contributed by atoms with E-state index >= 15 is 0 Å². The zero-order valence-electron chi connectivity index (χ0n) is 15.7. The molecule has 0 aliphatic rings. The van der Waals surface area contributed by atoms with E-state index in [2.05, 4.69) is 15.5 Å². The van der Waals surface area contributed by atoms with Crippen molar-refractivity contribution in [1.29, 1.82) is 0 Å². The fourth-order valence-electron chi connectivity index (χ4n) is 2.47. The predicted octanol–water partition coefficient (Wildman–Crippen LogP) is 3.28. The minimum absolute atomic E-state index is 0.205. The van der Waals surface area contributed by atoms with E-state index in [9.17, 15) is 9.59 Å².